The molecule has 146 valence electrons. The lowest BCUT2D eigenvalue weighted by molar-refractivity contribution is -0.115. The Bertz CT molecular complexity index is 981. The molecular weight excluding hydrogens is 378 g/mol. The van der Waals surface area contributed by atoms with Gasteiger partial charge in [0.2, 0.25) is 5.91 Å². The Balaban J connectivity index is 1.71. The SMILES string of the molecule is Cc1ccc([C@H](NCC(=O)Nc2ccccc2SCC#N)c2ccccc2)cc1. The van der Waals surface area contributed by atoms with E-state index < -0.39 is 0 Å². The number of hydrogen-bond acceptors (Lipinski definition) is 4. The van der Waals surface area contributed by atoms with Crippen LogP contribution >= 0.6 is 11.8 Å². The van der Waals surface area contributed by atoms with E-state index >= 15 is 0 Å². The Hall–Kier alpha value is -3.07. The maximum atomic E-state index is 12.6. The van der Waals surface area contributed by atoms with Crippen molar-refractivity contribution >= 4 is 23.4 Å². The van der Waals surface area contributed by atoms with Crippen LogP contribution in [0.25, 0.3) is 0 Å². The Morgan fingerprint density at radius 1 is 0.966 bits per heavy atom. The zero-order chi connectivity index (χ0) is 20.5. The summed E-state index contributed by atoms with van der Waals surface area (Å²) in [7, 11) is 0. The van der Waals surface area contributed by atoms with Crippen LogP contribution in [0, 0.1) is 18.3 Å². The molecule has 1 atom stereocenters. The van der Waals surface area contributed by atoms with Gasteiger partial charge in [0.05, 0.1) is 30.1 Å². The molecule has 0 aliphatic carbocycles. The smallest absolute Gasteiger partial charge is 0.238 e. The fraction of sp³-hybridized carbons (Fsp3) is 0.167. The maximum Gasteiger partial charge on any atom is 0.238 e. The first-order chi connectivity index (χ1) is 14.2. The molecule has 4 nitrogen and oxygen atoms in total. The molecular formula is C24H23N3OS. The number of nitriles is 1. The van der Waals surface area contributed by atoms with E-state index in [1.807, 2.05) is 42.5 Å². The van der Waals surface area contributed by atoms with E-state index in [1.54, 1.807) is 0 Å². The number of benzene rings is 3. The molecule has 0 aliphatic rings. The quantitative estimate of drug-likeness (QED) is 0.526. The van der Waals surface area contributed by atoms with Crippen molar-refractivity contribution in [3.05, 3.63) is 95.6 Å². The number of hydrogen-bond donors (Lipinski definition) is 2. The van der Waals surface area contributed by atoms with Crippen LogP contribution in [0.2, 0.25) is 0 Å². The Morgan fingerprint density at radius 2 is 1.62 bits per heavy atom. The molecule has 3 aromatic rings. The molecule has 0 heterocycles. The van der Waals surface area contributed by atoms with Gasteiger partial charge in [-0.25, -0.2) is 0 Å². The van der Waals surface area contributed by atoms with Crippen molar-refractivity contribution in [3.8, 4) is 6.07 Å². The number of amides is 1. The number of rotatable bonds is 8. The van der Waals surface area contributed by atoms with Gasteiger partial charge in [-0.05, 0) is 30.2 Å². The van der Waals surface area contributed by atoms with Gasteiger partial charge in [-0.1, -0.05) is 72.3 Å². The van der Waals surface area contributed by atoms with Crippen molar-refractivity contribution < 1.29 is 4.79 Å². The fourth-order valence-corrected chi connectivity index (χ4v) is 3.70. The van der Waals surface area contributed by atoms with E-state index in [4.69, 9.17) is 5.26 Å². The summed E-state index contributed by atoms with van der Waals surface area (Å²) in [6, 6.07) is 28.0. The van der Waals surface area contributed by atoms with Crippen LogP contribution in [0.15, 0.2) is 83.8 Å². The third-order valence-corrected chi connectivity index (χ3v) is 5.40. The second-order valence-corrected chi connectivity index (χ2v) is 7.64. The monoisotopic (exact) mass is 401 g/mol. The van der Waals surface area contributed by atoms with Crippen molar-refractivity contribution in [1.82, 2.24) is 5.32 Å². The highest BCUT2D eigenvalue weighted by Crippen LogP contribution is 2.27. The number of aryl methyl sites for hydroxylation is 1. The summed E-state index contributed by atoms with van der Waals surface area (Å²) in [4.78, 5) is 13.5. The van der Waals surface area contributed by atoms with Crippen molar-refractivity contribution in [3.63, 3.8) is 0 Å². The van der Waals surface area contributed by atoms with Gasteiger partial charge in [0.25, 0.3) is 0 Å². The molecule has 0 saturated heterocycles. The summed E-state index contributed by atoms with van der Waals surface area (Å²) in [6.07, 6.45) is 0. The van der Waals surface area contributed by atoms with Crippen molar-refractivity contribution in [2.45, 2.75) is 17.9 Å². The zero-order valence-electron chi connectivity index (χ0n) is 16.3. The second-order valence-electron chi connectivity index (χ2n) is 6.63. The molecule has 0 unspecified atom stereocenters. The molecule has 2 N–H and O–H groups in total. The number of carbonyl (C=O) groups is 1. The summed E-state index contributed by atoms with van der Waals surface area (Å²) in [6.45, 7) is 2.23. The van der Waals surface area contributed by atoms with Crippen LogP contribution in [0.1, 0.15) is 22.7 Å². The number of nitrogens with one attached hydrogen (secondary N) is 2. The van der Waals surface area contributed by atoms with E-state index in [9.17, 15) is 4.79 Å². The van der Waals surface area contributed by atoms with Gasteiger partial charge in [-0.2, -0.15) is 5.26 Å². The molecule has 1 amide bonds. The maximum absolute atomic E-state index is 12.6. The largest absolute Gasteiger partial charge is 0.324 e. The van der Waals surface area contributed by atoms with Crippen molar-refractivity contribution in [1.29, 1.82) is 5.26 Å². The predicted molar refractivity (Wildman–Crippen MR) is 119 cm³/mol. The highest BCUT2D eigenvalue weighted by Gasteiger charge is 2.15. The standard InChI is InChI=1S/C24H23N3OS/c1-18-11-13-20(14-12-18)24(19-7-3-2-4-8-19)26-17-23(28)27-21-9-5-6-10-22(21)29-16-15-25/h2-14,24,26H,16-17H2,1H3,(H,27,28)/t24-/m1/s1. The summed E-state index contributed by atoms with van der Waals surface area (Å²) < 4.78 is 0. The van der Waals surface area contributed by atoms with Crippen molar-refractivity contribution in [2.24, 2.45) is 0 Å². The molecule has 0 spiro atoms. The van der Waals surface area contributed by atoms with E-state index in [-0.39, 0.29) is 18.5 Å². The topological polar surface area (TPSA) is 64.9 Å². The van der Waals surface area contributed by atoms with E-state index in [0.717, 1.165) is 21.7 Å². The molecule has 0 fully saturated rings. The molecule has 3 aromatic carbocycles. The summed E-state index contributed by atoms with van der Waals surface area (Å²) in [5, 5.41) is 15.1. The van der Waals surface area contributed by atoms with Crippen LogP contribution in [0.4, 0.5) is 5.69 Å². The van der Waals surface area contributed by atoms with E-state index in [0.29, 0.717) is 5.75 Å². The lowest BCUT2D eigenvalue weighted by atomic mass is 9.98. The van der Waals surface area contributed by atoms with Gasteiger partial charge in [0.15, 0.2) is 0 Å². The van der Waals surface area contributed by atoms with Crippen molar-refractivity contribution in [2.75, 3.05) is 17.6 Å². The van der Waals surface area contributed by atoms with Crippen LogP contribution < -0.4 is 10.6 Å². The Labute approximate surface area is 176 Å². The fourth-order valence-electron chi connectivity index (χ4n) is 3.03. The molecule has 0 radical (unpaired) electrons. The minimum atomic E-state index is -0.122. The molecule has 0 aromatic heterocycles. The predicted octanol–water partition coefficient (Wildman–Crippen LogP) is 4.93. The lowest BCUT2D eigenvalue weighted by Crippen LogP contribution is -2.32. The van der Waals surface area contributed by atoms with Gasteiger partial charge in [0, 0.05) is 4.90 Å². The number of anilines is 1. The van der Waals surface area contributed by atoms with Gasteiger partial charge < -0.3 is 5.32 Å². The summed E-state index contributed by atoms with van der Waals surface area (Å²) in [5.74, 6) is 0.220. The normalized spacial score (nSPS) is 11.4. The van der Waals surface area contributed by atoms with Gasteiger partial charge >= 0.3 is 0 Å². The Kier molecular flexibility index (Phi) is 7.46. The number of carbonyl (C=O) groups excluding carboxylic acids is 1. The molecule has 0 aliphatic heterocycles. The van der Waals surface area contributed by atoms with Gasteiger partial charge in [-0.15, -0.1) is 11.8 Å². The average Bonchev–Trinajstić information content (AvgIpc) is 2.75. The zero-order valence-corrected chi connectivity index (χ0v) is 17.1. The lowest BCUT2D eigenvalue weighted by Gasteiger charge is -2.20. The first-order valence-electron chi connectivity index (χ1n) is 9.41. The first-order valence-corrected chi connectivity index (χ1v) is 10.4. The molecule has 29 heavy (non-hydrogen) atoms. The van der Waals surface area contributed by atoms with Crippen LogP contribution in [0.3, 0.4) is 0 Å². The summed E-state index contributed by atoms with van der Waals surface area (Å²) >= 11 is 1.41. The first kappa shape index (κ1) is 20.7. The number of nitrogens with zero attached hydrogens (tertiary/aromatic N) is 1. The van der Waals surface area contributed by atoms with Crippen LogP contribution in [0.5, 0.6) is 0 Å². The summed E-state index contributed by atoms with van der Waals surface area (Å²) in [5.41, 5.74) is 4.14. The van der Waals surface area contributed by atoms with Crippen LogP contribution in [-0.4, -0.2) is 18.2 Å². The van der Waals surface area contributed by atoms with E-state index in [1.165, 1.54) is 17.3 Å². The third kappa shape index (κ3) is 5.95. The highest BCUT2D eigenvalue weighted by molar-refractivity contribution is 7.99. The minimum absolute atomic E-state index is 0.0780. The molecule has 0 saturated carbocycles. The minimum Gasteiger partial charge on any atom is -0.324 e. The molecule has 5 heteroatoms. The third-order valence-electron chi connectivity index (χ3n) is 4.46. The Morgan fingerprint density at radius 3 is 2.34 bits per heavy atom. The van der Waals surface area contributed by atoms with Gasteiger partial charge in [-0.3, -0.25) is 10.1 Å². The highest BCUT2D eigenvalue weighted by atomic mass is 32.2. The second kappa shape index (κ2) is 10.5. The average molecular weight is 402 g/mol. The van der Waals surface area contributed by atoms with E-state index in [2.05, 4.69) is 60.0 Å². The number of thioether (sulfide) groups is 1. The van der Waals surface area contributed by atoms with Crippen LogP contribution in [-0.2, 0) is 4.79 Å². The number of para-hydroxylation sites is 1. The molecule has 3 rings (SSSR count). The molecule has 0 bridgehead atoms. The van der Waals surface area contributed by atoms with Gasteiger partial charge in [0.1, 0.15) is 0 Å².